The van der Waals surface area contributed by atoms with Crippen LogP contribution in [0.5, 0.6) is 5.75 Å². The molecular weight excluding hydrogens is 265 g/mol. The number of aromatic carboxylic acids is 1. The van der Waals surface area contributed by atoms with Gasteiger partial charge in [0.1, 0.15) is 17.1 Å². The second-order valence-corrected chi connectivity index (χ2v) is 4.13. The van der Waals surface area contributed by atoms with Gasteiger partial charge in [-0.1, -0.05) is 0 Å². The van der Waals surface area contributed by atoms with Gasteiger partial charge in [0.05, 0.1) is 31.2 Å². The van der Waals surface area contributed by atoms with Gasteiger partial charge in [-0.05, 0) is 12.1 Å². The van der Waals surface area contributed by atoms with Crippen LogP contribution in [0.2, 0.25) is 0 Å². The van der Waals surface area contributed by atoms with E-state index < -0.39 is 11.8 Å². The molecule has 0 saturated carbocycles. The Morgan fingerprint density at radius 2 is 2.30 bits per heavy atom. The molecule has 1 heterocycles. The zero-order chi connectivity index (χ0) is 14.7. The number of carbonyl (C=O) groups is 1. The predicted octanol–water partition coefficient (Wildman–Crippen LogP) is 1.88. The van der Waals surface area contributed by atoms with Crippen LogP contribution in [0.4, 0.5) is 10.1 Å². The molecule has 0 aliphatic carbocycles. The number of aryl methyl sites for hydroxylation is 1. The molecule has 0 bridgehead atoms. The number of rotatable bonds is 5. The average Bonchev–Trinajstić information content (AvgIpc) is 2.78. The minimum absolute atomic E-state index is 0.126. The van der Waals surface area contributed by atoms with Crippen molar-refractivity contribution in [2.75, 3.05) is 12.4 Å². The molecule has 1 aromatic carbocycles. The Balaban J connectivity index is 2.21. The Morgan fingerprint density at radius 1 is 1.55 bits per heavy atom. The standard InChI is InChI=1S/C13H14FN3O3/c1-17-11(9(6-16-17)13(18)19)7-15-10-4-3-8(14)5-12(10)20-2/h3-6,15H,7H2,1-2H3,(H,18,19). The van der Waals surface area contributed by atoms with Gasteiger partial charge in [0.25, 0.3) is 0 Å². The predicted molar refractivity (Wildman–Crippen MR) is 70.4 cm³/mol. The number of carboxylic acid groups (broad SMARTS) is 1. The van der Waals surface area contributed by atoms with Gasteiger partial charge >= 0.3 is 5.97 Å². The van der Waals surface area contributed by atoms with E-state index in [-0.39, 0.29) is 12.1 Å². The summed E-state index contributed by atoms with van der Waals surface area (Å²) in [5, 5.41) is 16.0. The molecule has 2 aromatic rings. The molecule has 0 radical (unpaired) electrons. The maximum Gasteiger partial charge on any atom is 0.339 e. The number of anilines is 1. The molecular formula is C13H14FN3O3. The summed E-state index contributed by atoms with van der Waals surface area (Å²) in [6.45, 7) is 0.236. The summed E-state index contributed by atoms with van der Waals surface area (Å²) < 4.78 is 19.6. The molecule has 2 rings (SSSR count). The molecule has 6 nitrogen and oxygen atoms in total. The highest BCUT2D eigenvalue weighted by molar-refractivity contribution is 5.88. The van der Waals surface area contributed by atoms with Crippen LogP contribution in [0.1, 0.15) is 16.1 Å². The molecule has 0 unspecified atom stereocenters. The van der Waals surface area contributed by atoms with E-state index >= 15 is 0 Å². The van der Waals surface area contributed by atoms with Crippen molar-refractivity contribution in [1.82, 2.24) is 9.78 Å². The first kappa shape index (κ1) is 13.9. The van der Waals surface area contributed by atoms with Crippen LogP contribution in [-0.4, -0.2) is 28.0 Å². The third kappa shape index (κ3) is 2.71. The van der Waals surface area contributed by atoms with Gasteiger partial charge in [0.2, 0.25) is 0 Å². The van der Waals surface area contributed by atoms with Crippen LogP contribution in [0.15, 0.2) is 24.4 Å². The molecule has 0 aliphatic rings. The molecule has 2 N–H and O–H groups in total. The van der Waals surface area contributed by atoms with Crippen molar-refractivity contribution in [1.29, 1.82) is 0 Å². The van der Waals surface area contributed by atoms with E-state index in [1.807, 2.05) is 0 Å². The van der Waals surface area contributed by atoms with Crippen LogP contribution < -0.4 is 10.1 Å². The van der Waals surface area contributed by atoms with E-state index in [0.717, 1.165) is 0 Å². The number of nitrogens with one attached hydrogen (secondary N) is 1. The number of aromatic nitrogens is 2. The lowest BCUT2D eigenvalue weighted by Gasteiger charge is -2.11. The lowest BCUT2D eigenvalue weighted by atomic mass is 10.2. The molecule has 0 saturated heterocycles. The van der Waals surface area contributed by atoms with Gasteiger partial charge in [-0.2, -0.15) is 5.10 Å². The van der Waals surface area contributed by atoms with E-state index in [0.29, 0.717) is 17.1 Å². The molecule has 1 aromatic heterocycles. The minimum Gasteiger partial charge on any atom is -0.494 e. The molecule has 0 atom stereocenters. The fourth-order valence-corrected chi connectivity index (χ4v) is 1.84. The monoisotopic (exact) mass is 279 g/mol. The molecule has 0 spiro atoms. The van der Waals surface area contributed by atoms with Gasteiger partial charge in [0.15, 0.2) is 0 Å². The Morgan fingerprint density at radius 3 is 2.95 bits per heavy atom. The van der Waals surface area contributed by atoms with Crippen molar-refractivity contribution in [3.05, 3.63) is 41.5 Å². The highest BCUT2D eigenvalue weighted by atomic mass is 19.1. The quantitative estimate of drug-likeness (QED) is 0.874. The average molecular weight is 279 g/mol. The van der Waals surface area contributed by atoms with E-state index in [1.54, 1.807) is 7.05 Å². The number of ether oxygens (including phenoxy) is 1. The number of carboxylic acids is 1. The SMILES string of the molecule is COc1cc(F)ccc1NCc1c(C(=O)O)cnn1C. The van der Waals surface area contributed by atoms with Crippen LogP contribution in [0.3, 0.4) is 0 Å². The zero-order valence-electron chi connectivity index (χ0n) is 11.1. The van der Waals surface area contributed by atoms with Gasteiger partial charge in [-0.25, -0.2) is 9.18 Å². The summed E-state index contributed by atoms with van der Waals surface area (Å²) in [4.78, 5) is 11.1. The van der Waals surface area contributed by atoms with Gasteiger partial charge in [-0.3, -0.25) is 4.68 Å². The maximum absolute atomic E-state index is 13.1. The fraction of sp³-hybridized carbons (Fsp3) is 0.231. The van der Waals surface area contributed by atoms with Crippen molar-refractivity contribution < 1.29 is 19.0 Å². The fourth-order valence-electron chi connectivity index (χ4n) is 1.84. The molecule has 0 aliphatic heterocycles. The lowest BCUT2D eigenvalue weighted by molar-refractivity contribution is 0.0695. The minimum atomic E-state index is -1.04. The number of methoxy groups -OCH3 is 1. The van der Waals surface area contributed by atoms with E-state index in [4.69, 9.17) is 9.84 Å². The van der Waals surface area contributed by atoms with Crippen molar-refractivity contribution in [2.45, 2.75) is 6.54 Å². The normalized spacial score (nSPS) is 10.3. The number of benzene rings is 1. The number of hydrogen-bond acceptors (Lipinski definition) is 4. The second kappa shape index (κ2) is 5.60. The number of halogens is 1. The topological polar surface area (TPSA) is 76.4 Å². The third-order valence-electron chi connectivity index (χ3n) is 2.90. The third-order valence-corrected chi connectivity index (χ3v) is 2.90. The van der Waals surface area contributed by atoms with E-state index in [1.165, 1.54) is 36.2 Å². The van der Waals surface area contributed by atoms with Crippen LogP contribution >= 0.6 is 0 Å². The zero-order valence-corrected chi connectivity index (χ0v) is 11.1. The highest BCUT2D eigenvalue weighted by Crippen LogP contribution is 2.25. The molecule has 0 fully saturated rings. The molecule has 0 amide bonds. The smallest absolute Gasteiger partial charge is 0.339 e. The van der Waals surface area contributed by atoms with Crippen LogP contribution in [-0.2, 0) is 13.6 Å². The van der Waals surface area contributed by atoms with Crippen molar-refractivity contribution in [2.24, 2.45) is 7.05 Å². The first-order valence-corrected chi connectivity index (χ1v) is 5.84. The van der Waals surface area contributed by atoms with Gasteiger partial charge in [0, 0.05) is 13.1 Å². The Kier molecular flexibility index (Phi) is 3.88. The first-order chi connectivity index (χ1) is 9.52. The first-order valence-electron chi connectivity index (χ1n) is 5.84. The molecule has 7 heteroatoms. The Bertz CT molecular complexity index is 640. The van der Waals surface area contributed by atoms with Crippen molar-refractivity contribution in [3.63, 3.8) is 0 Å². The van der Waals surface area contributed by atoms with Gasteiger partial charge < -0.3 is 15.2 Å². The van der Waals surface area contributed by atoms with Crippen LogP contribution in [0.25, 0.3) is 0 Å². The summed E-state index contributed by atoms with van der Waals surface area (Å²) in [5.41, 5.74) is 1.22. The summed E-state index contributed by atoms with van der Waals surface area (Å²) in [6.07, 6.45) is 1.29. The Hall–Kier alpha value is -2.57. The summed E-state index contributed by atoms with van der Waals surface area (Å²) >= 11 is 0. The largest absolute Gasteiger partial charge is 0.494 e. The van der Waals surface area contributed by atoms with Crippen LogP contribution in [0, 0.1) is 5.82 Å². The number of hydrogen-bond donors (Lipinski definition) is 2. The van der Waals surface area contributed by atoms with E-state index in [9.17, 15) is 9.18 Å². The molecule has 106 valence electrons. The summed E-state index contributed by atoms with van der Waals surface area (Å²) in [7, 11) is 3.10. The second-order valence-electron chi connectivity index (χ2n) is 4.13. The van der Waals surface area contributed by atoms with E-state index in [2.05, 4.69) is 10.4 Å². The number of nitrogens with zero attached hydrogens (tertiary/aromatic N) is 2. The van der Waals surface area contributed by atoms with Crippen molar-refractivity contribution >= 4 is 11.7 Å². The Labute approximate surface area is 114 Å². The lowest BCUT2D eigenvalue weighted by Crippen LogP contribution is -2.10. The summed E-state index contributed by atoms with van der Waals surface area (Å²) in [5.74, 6) is -1.09. The van der Waals surface area contributed by atoms with Crippen molar-refractivity contribution in [3.8, 4) is 5.75 Å². The van der Waals surface area contributed by atoms with Gasteiger partial charge in [-0.15, -0.1) is 0 Å². The summed E-state index contributed by atoms with van der Waals surface area (Å²) in [6, 6.07) is 4.08. The molecule has 20 heavy (non-hydrogen) atoms. The highest BCUT2D eigenvalue weighted by Gasteiger charge is 2.15. The maximum atomic E-state index is 13.1.